The minimum Gasteiger partial charge on any atom is -0.377 e. The van der Waals surface area contributed by atoms with Gasteiger partial charge in [-0.15, -0.1) is 11.3 Å². The van der Waals surface area contributed by atoms with Crippen molar-refractivity contribution in [3.63, 3.8) is 0 Å². The molecule has 0 spiro atoms. The molecule has 0 bridgehead atoms. The highest BCUT2D eigenvalue weighted by molar-refractivity contribution is 7.10. The van der Waals surface area contributed by atoms with Crippen LogP contribution in [0.1, 0.15) is 10.4 Å². The van der Waals surface area contributed by atoms with Gasteiger partial charge >= 0.3 is 0 Å². The highest BCUT2D eigenvalue weighted by Gasteiger charge is 2.32. The number of likely N-dealkylation sites (tertiary alicyclic amines) is 1. The van der Waals surface area contributed by atoms with E-state index in [4.69, 9.17) is 15.2 Å². The van der Waals surface area contributed by atoms with Gasteiger partial charge in [-0.25, -0.2) is 0 Å². The molecule has 1 aromatic heterocycles. The lowest BCUT2D eigenvalue weighted by molar-refractivity contribution is -0.00461. The Balaban J connectivity index is 1.93. The summed E-state index contributed by atoms with van der Waals surface area (Å²) in [6.45, 7) is 3.16. The van der Waals surface area contributed by atoms with Gasteiger partial charge in [0.05, 0.1) is 18.8 Å². The second-order valence-electron chi connectivity index (χ2n) is 4.55. The molecule has 0 amide bonds. The van der Waals surface area contributed by atoms with Crippen molar-refractivity contribution in [2.45, 2.75) is 18.8 Å². The first kappa shape index (κ1) is 14.5. The number of rotatable bonds is 4. The third-order valence-corrected chi connectivity index (χ3v) is 4.19. The van der Waals surface area contributed by atoms with Crippen LogP contribution in [0, 0.1) is 11.8 Å². The summed E-state index contributed by atoms with van der Waals surface area (Å²) in [4.78, 5) is 3.67. The number of hydrogen-bond acceptors (Lipinski definition) is 5. The van der Waals surface area contributed by atoms with Gasteiger partial charge in [-0.3, -0.25) is 4.90 Å². The van der Waals surface area contributed by atoms with Crippen LogP contribution in [-0.2, 0) is 16.0 Å². The number of hydrogen-bond donors (Lipinski definition) is 1. The van der Waals surface area contributed by atoms with E-state index in [-0.39, 0.29) is 12.2 Å². The monoisotopic (exact) mass is 280 g/mol. The molecule has 2 rings (SSSR count). The van der Waals surface area contributed by atoms with Crippen LogP contribution < -0.4 is 5.73 Å². The molecule has 2 unspecified atom stereocenters. The summed E-state index contributed by atoms with van der Waals surface area (Å²) >= 11 is 1.74. The molecule has 4 nitrogen and oxygen atoms in total. The molecule has 2 N–H and O–H groups in total. The summed E-state index contributed by atoms with van der Waals surface area (Å²) < 4.78 is 10.9. The average Bonchev–Trinajstić information content (AvgIpc) is 3.03. The first-order valence-corrected chi connectivity index (χ1v) is 7.19. The molecule has 5 heteroatoms. The summed E-state index contributed by atoms with van der Waals surface area (Å²) in [6, 6.07) is 2.13. The second-order valence-corrected chi connectivity index (χ2v) is 5.55. The van der Waals surface area contributed by atoms with E-state index in [9.17, 15) is 0 Å². The molecule has 0 aliphatic carbocycles. The number of ether oxygens (including phenoxy) is 2. The van der Waals surface area contributed by atoms with Gasteiger partial charge in [0.2, 0.25) is 0 Å². The molecule has 0 radical (unpaired) electrons. The van der Waals surface area contributed by atoms with Gasteiger partial charge in [-0.05, 0) is 6.07 Å². The van der Waals surface area contributed by atoms with Gasteiger partial charge in [-0.1, -0.05) is 11.8 Å². The zero-order valence-electron chi connectivity index (χ0n) is 11.4. The zero-order chi connectivity index (χ0) is 13.7. The number of nitrogens with two attached hydrogens (primary N) is 1. The number of thiophene rings is 1. The van der Waals surface area contributed by atoms with Crippen LogP contribution in [-0.4, -0.2) is 51.0 Å². The van der Waals surface area contributed by atoms with Crippen LogP contribution in [0.3, 0.4) is 0 Å². The molecule has 2 heterocycles. The van der Waals surface area contributed by atoms with Crippen molar-refractivity contribution in [2.75, 3.05) is 33.9 Å². The van der Waals surface area contributed by atoms with Crippen LogP contribution in [0.2, 0.25) is 0 Å². The predicted octanol–water partition coefficient (Wildman–Crippen LogP) is 0.904. The average molecular weight is 280 g/mol. The van der Waals surface area contributed by atoms with Crippen molar-refractivity contribution in [3.8, 4) is 11.8 Å². The Morgan fingerprint density at radius 3 is 2.63 bits per heavy atom. The molecule has 0 aromatic carbocycles. The smallest absolute Gasteiger partial charge is 0.0971 e. The SMILES string of the molecule is COC1CN(Cc2cc(C#CCN)cs2)CC1OC. The third kappa shape index (κ3) is 3.78. The van der Waals surface area contributed by atoms with Crippen molar-refractivity contribution in [1.82, 2.24) is 4.90 Å². The molecule has 1 aromatic rings. The Morgan fingerprint density at radius 1 is 1.37 bits per heavy atom. The lowest BCUT2D eigenvalue weighted by Crippen LogP contribution is -2.27. The van der Waals surface area contributed by atoms with Crippen molar-refractivity contribution in [3.05, 3.63) is 21.9 Å². The Hall–Kier alpha value is -0.900. The highest BCUT2D eigenvalue weighted by Crippen LogP contribution is 2.21. The maximum absolute atomic E-state index is 5.44. The van der Waals surface area contributed by atoms with Crippen molar-refractivity contribution < 1.29 is 9.47 Å². The van der Waals surface area contributed by atoms with Crippen LogP contribution >= 0.6 is 11.3 Å². The van der Waals surface area contributed by atoms with Crippen LogP contribution in [0.5, 0.6) is 0 Å². The largest absolute Gasteiger partial charge is 0.377 e. The van der Waals surface area contributed by atoms with E-state index >= 15 is 0 Å². The zero-order valence-corrected chi connectivity index (χ0v) is 12.2. The Kier molecular flexibility index (Phi) is 5.37. The summed E-state index contributed by atoms with van der Waals surface area (Å²) in [7, 11) is 3.48. The maximum atomic E-state index is 5.44. The van der Waals surface area contributed by atoms with E-state index in [1.165, 1.54) is 4.88 Å². The van der Waals surface area contributed by atoms with E-state index in [0.29, 0.717) is 6.54 Å². The Bertz CT molecular complexity index is 452. The quantitative estimate of drug-likeness (QED) is 0.833. The molecular weight excluding hydrogens is 260 g/mol. The maximum Gasteiger partial charge on any atom is 0.0971 e. The summed E-state index contributed by atoms with van der Waals surface area (Å²) in [5.41, 5.74) is 6.42. The summed E-state index contributed by atoms with van der Waals surface area (Å²) in [5, 5.41) is 2.08. The topological polar surface area (TPSA) is 47.7 Å². The molecule has 1 aliphatic heterocycles. The molecule has 0 saturated carbocycles. The highest BCUT2D eigenvalue weighted by atomic mass is 32.1. The van der Waals surface area contributed by atoms with Crippen LogP contribution in [0.4, 0.5) is 0 Å². The molecule has 19 heavy (non-hydrogen) atoms. The predicted molar refractivity (Wildman–Crippen MR) is 77.1 cm³/mol. The fourth-order valence-electron chi connectivity index (χ4n) is 2.30. The van der Waals surface area contributed by atoms with Gasteiger partial charge < -0.3 is 15.2 Å². The van der Waals surface area contributed by atoms with Gasteiger partial charge in [0, 0.05) is 49.7 Å². The molecule has 104 valence electrons. The minimum atomic E-state index is 0.168. The molecular formula is C14H20N2O2S. The van der Waals surface area contributed by atoms with Crippen molar-refractivity contribution in [2.24, 2.45) is 5.73 Å². The minimum absolute atomic E-state index is 0.168. The third-order valence-electron chi connectivity index (χ3n) is 3.26. The van der Waals surface area contributed by atoms with E-state index in [0.717, 1.165) is 25.2 Å². The van der Waals surface area contributed by atoms with E-state index in [1.807, 2.05) is 0 Å². The van der Waals surface area contributed by atoms with Crippen molar-refractivity contribution in [1.29, 1.82) is 0 Å². The standard InChI is InChI=1S/C14H20N2O2S/c1-17-13-8-16(9-14(13)18-2)7-12-6-11(10-19-12)4-3-5-15/h6,10,13-14H,5,7-9,15H2,1-2H3. The van der Waals surface area contributed by atoms with E-state index < -0.39 is 0 Å². The van der Waals surface area contributed by atoms with E-state index in [2.05, 4.69) is 28.2 Å². The first-order valence-electron chi connectivity index (χ1n) is 6.31. The van der Waals surface area contributed by atoms with Crippen LogP contribution in [0.25, 0.3) is 0 Å². The van der Waals surface area contributed by atoms with Gasteiger partial charge in [-0.2, -0.15) is 0 Å². The lowest BCUT2D eigenvalue weighted by atomic mass is 10.3. The van der Waals surface area contributed by atoms with E-state index in [1.54, 1.807) is 25.6 Å². The fourth-order valence-corrected chi connectivity index (χ4v) is 3.16. The molecule has 1 aliphatic rings. The molecule has 2 atom stereocenters. The Labute approximate surface area is 118 Å². The summed E-state index contributed by atoms with van der Waals surface area (Å²) in [6.07, 6.45) is 0.336. The Morgan fingerprint density at radius 2 is 2.05 bits per heavy atom. The fraction of sp³-hybridized carbons (Fsp3) is 0.571. The molecule has 1 saturated heterocycles. The summed E-state index contributed by atoms with van der Waals surface area (Å²) in [5.74, 6) is 5.93. The van der Waals surface area contributed by atoms with Gasteiger partial charge in [0.25, 0.3) is 0 Å². The second kappa shape index (κ2) is 7.04. The normalized spacial score (nSPS) is 23.3. The first-order chi connectivity index (χ1) is 9.26. The van der Waals surface area contributed by atoms with Crippen LogP contribution in [0.15, 0.2) is 11.4 Å². The van der Waals surface area contributed by atoms with Gasteiger partial charge in [0.1, 0.15) is 0 Å². The van der Waals surface area contributed by atoms with Gasteiger partial charge in [0.15, 0.2) is 0 Å². The lowest BCUT2D eigenvalue weighted by Gasteiger charge is -2.13. The number of methoxy groups -OCH3 is 2. The molecule has 1 fully saturated rings. The van der Waals surface area contributed by atoms with Crippen molar-refractivity contribution >= 4 is 11.3 Å². The number of nitrogens with zero attached hydrogens (tertiary/aromatic N) is 1.